The molecule has 0 fully saturated rings. The molecule has 0 amide bonds. The van der Waals surface area contributed by atoms with Crippen LogP contribution in [0.15, 0.2) is 30.3 Å². The van der Waals surface area contributed by atoms with E-state index in [2.05, 4.69) is 12.1 Å². The van der Waals surface area contributed by atoms with Crippen LogP contribution in [0.5, 0.6) is 0 Å². The predicted octanol–water partition coefficient (Wildman–Crippen LogP) is 1.66. The summed E-state index contributed by atoms with van der Waals surface area (Å²) in [4.78, 5) is 0. The maximum Gasteiger partial charge on any atom is 0.218 e. The number of ether oxygens (including phenoxy) is 1. The van der Waals surface area contributed by atoms with Crippen molar-refractivity contribution in [1.29, 1.82) is 0 Å². The lowest BCUT2D eigenvalue weighted by Crippen LogP contribution is -2.52. The molecule has 1 rings (SSSR count). The molecule has 17 heavy (non-hydrogen) atoms. The molecule has 0 saturated carbocycles. The van der Waals surface area contributed by atoms with Crippen molar-refractivity contribution in [2.75, 3.05) is 27.7 Å². The number of rotatable bonds is 6. The van der Waals surface area contributed by atoms with E-state index in [0.717, 1.165) is 6.42 Å². The molecular weight excluding hydrogens is 214 g/mol. The summed E-state index contributed by atoms with van der Waals surface area (Å²) in [5.74, 6) is 0. The molecule has 0 saturated heterocycles. The van der Waals surface area contributed by atoms with Crippen molar-refractivity contribution in [1.82, 2.24) is 0 Å². The van der Waals surface area contributed by atoms with Crippen molar-refractivity contribution in [3.63, 3.8) is 0 Å². The van der Waals surface area contributed by atoms with Gasteiger partial charge in [-0.05, 0) is 18.9 Å². The second kappa shape index (κ2) is 6.15. The molecule has 3 heteroatoms. The van der Waals surface area contributed by atoms with Crippen LogP contribution in [0.1, 0.15) is 12.5 Å². The predicted molar refractivity (Wildman–Crippen MR) is 69.6 cm³/mol. The molecule has 1 N–H and O–H groups in total. The molecule has 0 radical (unpaired) electrons. The van der Waals surface area contributed by atoms with Gasteiger partial charge in [0, 0.05) is 0 Å². The Morgan fingerprint density at radius 3 is 2.24 bits per heavy atom. The summed E-state index contributed by atoms with van der Waals surface area (Å²) in [6, 6.07) is 10.2. The van der Waals surface area contributed by atoms with Gasteiger partial charge in [0.1, 0.15) is 6.10 Å². The van der Waals surface area contributed by atoms with Gasteiger partial charge in [-0.3, -0.25) is 0 Å². The minimum absolute atomic E-state index is 0.182. The number of aliphatic hydroxyl groups excluding tert-OH is 1. The highest BCUT2D eigenvalue weighted by Crippen LogP contribution is 2.10. The normalized spacial score (nSPS) is 15.6. The summed E-state index contributed by atoms with van der Waals surface area (Å²) in [5.41, 5.74) is 1.26. The van der Waals surface area contributed by atoms with Crippen molar-refractivity contribution in [2.45, 2.75) is 25.7 Å². The van der Waals surface area contributed by atoms with Gasteiger partial charge in [-0.1, -0.05) is 30.3 Å². The van der Waals surface area contributed by atoms with Gasteiger partial charge >= 0.3 is 0 Å². The first-order valence-corrected chi connectivity index (χ1v) is 6.06. The van der Waals surface area contributed by atoms with Crippen LogP contribution < -0.4 is 0 Å². The van der Waals surface area contributed by atoms with Gasteiger partial charge in [-0.25, -0.2) is 0 Å². The maximum absolute atomic E-state index is 9.70. The van der Waals surface area contributed by atoms with Crippen molar-refractivity contribution in [3.8, 4) is 0 Å². The molecule has 3 nitrogen and oxygen atoms in total. The zero-order valence-corrected chi connectivity index (χ0v) is 11.3. The Bertz CT molecular complexity index is 317. The third-order valence-corrected chi connectivity index (χ3v) is 2.70. The molecule has 1 aromatic rings. The van der Waals surface area contributed by atoms with E-state index in [4.69, 9.17) is 4.74 Å². The van der Waals surface area contributed by atoms with Gasteiger partial charge in [-0.2, -0.15) is 0 Å². The average molecular weight is 238 g/mol. The highest BCUT2D eigenvalue weighted by Gasteiger charge is 2.29. The molecule has 0 aliphatic heterocycles. The molecule has 0 bridgehead atoms. The van der Waals surface area contributed by atoms with Crippen LogP contribution in [-0.2, 0) is 11.2 Å². The molecule has 2 atom stereocenters. The number of hydrogen-bond donors (Lipinski definition) is 1. The van der Waals surface area contributed by atoms with Crippen LogP contribution in [0.4, 0.5) is 0 Å². The van der Waals surface area contributed by atoms with E-state index in [1.807, 2.05) is 39.3 Å². The van der Waals surface area contributed by atoms with Crippen molar-refractivity contribution < 1.29 is 14.3 Å². The molecule has 0 aliphatic rings. The molecule has 1 aromatic carbocycles. The molecule has 0 heterocycles. The largest absolute Gasteiger partial charge is 0.384 e. The van der Waals surface area contributed by atoms with Crippen molar-refractivity contribution in [2.24, 2.45) is 0 Å². The Morgan fingerprint density at radius 1 is 1.18 bits per heavy atom. The topological polar surface area (TPSA) is 29.5 Å². The van der Waals surface area contributed by atoms with Crippen molar-refractivity contribution in [3.05, 3.63) is 35.9 Å². The van der Waals surface area contributed by atoms with Crippen LogP contribution in [-0.4, -0.2) is 49.7 Å². The van der Waals surface area contributed by atoms with Gasteiger partial charge in [-0.15, -0.1) is 0 Å². The molecule has 0 aliphatic carbocycles. The fourth-order valence-corrected chi connectivity index (χ4v) is 1.95. The Morgan fingerprint density at radius 2 is 1.76 bits per heavy atom. The van der Waals surface area contributed by atoms with E-state index in [0.29, 0.717) is 11.1 Å². The molecule has 0 spiro atoms. The van der Waals surface area contributed by atoms with Gasteiger partial charge < -0.3 is 14.3 Å². The van der Waals surface area contributed by atoms with E-state index in [1.165, 1.54) is 5.56 Å². The third-order valence-electron chi connectivity index (χ3n) is 2.70. The van der Waals surface area contributed by atoms with E-state index in [-0.39, 0.29) is 6.23 Å². The number of aliphatic hydroxyl groups is 1. The standard InChI is InChI=1S/C14H24NO2/c1-12(16)14(15(2,3)4)17-11-10-13-8-6-5-7-9-13/h5-9,12,14,16H,10-11H2,1-4H3/q+1. The lowest BCUT2D eigenvalue weighted by molar-refractivity contribution is -0.923. The summed E-state index contributed by atoms with van der Waals surface area (Å²) in [5, 5.41) is 9.70. The van der Waals surface area contributed by atoms with Gasteiger partial charge in [0.2, 0.25) is 6.23 Å². The highest BCUT2D eigenvalue weighted by molar-refractivity contribution is 5.14. The van der Waals surface area contributed by atoms with E-state index < -0.39 is 6.10 Å². The molecule has 96 valence electrons. The van der Waals surface area contributed by atoms with Crippen LogP contribution in [0.2, 0.25) is 0 Å². The molecule has 2 unspecified atom stereocenters. The fraction of sp³-hybridized carbons (Fsp3) is 0.571. The second-order valence-corrected chi connectivity index (χ2v) is 5.35. The monoisotopic (exact) mass is 238 g/mol. The number of nitrogens with zero attached hydrogens (tertiary/aromatic N) is 1. The average Bonchev–Trinajstić information content (AvgIpc) is 2.23. The minimum Gasteiger partial charge on any atom is -0.384 e. The molecule has 0 aromatic heterocycles. The summed E-state index contributed by atoms with van der Waals surface area (Å²) in [6.07, 6.45) is 0.230. The van der Waals surface area contributed by atoms with E-state index in [1.54, 1.807) is 6.92 Å². The zero-order valence-electron chi connectivity index (χ0n) is 11.3. The summed E-state index contributed by atoms with van der Waals surface area (Å²) < 4.78 is 6.40. The zero-order chi connectivity index (χ0) is 12.9. The van der Waals surface area contributed by atoms with Gasteiger partial charge in [0.25, 0.3) is 0 Å². The number of hydrogen-bond acceptors (Lipinski definition) is 2. The van der Waals surface area contributed by atoms with Gasteiger partial charge in [0.15, 0.2) is 0 Å². The minimum atomic E-state index is -0.467. The Kier molecular flexibility index (Phi) is 5.12. The summed E-state index contributed by atoms with van der Waals surface area (Å²) >= 11 is 0. The fourth-order valence-electron chi connectivity index (χ4n) is 1.95. The van der Waals surface area contributed by atoms with Crippen LogP contribution >= 0.6 is 0 Å². The lowest BCUT2D eigenvalue weighted by Gasteiger charge is -2.35. The van der Waals surface area contributed by atoms with E-state index in [9.17, 15) is 5.11 Å². The highest BCUT2D eigenvalue weighted by atomic mass is 16.5. The maximum atomic E-state index is 9.70. The van der Waals surface area contributed by atoms with Crippen LogP contribution in [0.3, 0.4) is 0 Å². The Balaban J connectivity index is 2.43. The Labute approximate surface area is 104 Å². The molecular formula is C14H24NO2+. The third kappa shape index (κ3) is 4.86. The Hall–Kier alpha value is -0.900. The summed E-state index contributed by atoms with van der Waals surface area (Å²) in [6.45, 7) is 2.41. The first-order chi connectivity index (χ1) is 7.91. The van der Waals surface area contributed by atoms with Crippen LogP contribution in [0.25, 0.3) is 0 Å². The second-order valence-electron chi connectivity index (χ2n) is 5.35. The quantitative estimate of drug-likeness (QED) is 0.603. The SMILES string of the molecule is CC(O)C(OCCc1ccccc1)[N+](C)(C)C. The number of likely N-dealkylation sites (N-methyl/N-ethyl adjacent to an activating group) is 1. The number of benzene rings is 1. The smallest absolute Gasteiger partial charge is 0.218 e. The first-order valence-electron chi connectivity index (χ1n) is 6.06. The number of quaternary nitrogens is 1. The van der Waals surface area contributed by atoms with Crippen molar-refractivity contribution >= 4 is 0 Å². The van der Waals surface area contributed by atoms with Gasteiger partial charge in [0.05, 0.1) is 27.7 Å². The first kappa shape index (κ1) is 14.2. The van der Waals surface area contributed by atoms with E-state index >= 15 is 0 Å². The summed E-state index contributed by atoms with van der Waals surface area (Å²) in [7, 11) is 6.08. The van der Waals surface area contributed by atoms with Crippen LogP contribution in [0, 0.1) is 0 Å². The lowest BCUT2D eigenvalue weighted by atomic mass is 10.2.